The number of ether oxygens (including phenoxy) is 3. The quantitative estimate of drug-likeness (QED) is 0.626. The van der Waals surface area contributed by atoms with Crippen LogP contribution in [-0.2, 0) is 6.54 Å². The third kappa shape index (κ3) is 2.97. The summed E-state index contributed by atoms with van der Waals surface area (Å²) in [6.07, 6.45) is 3.75. The van der Waals surface area contributed by atoms with Crippen LogP contribution in [0.2, 0.25) is 0 Å². The van der Waals surface area contributed by atoms with Gasteiger partial charge in [-0.2, -0.15) is 5.26 Å². The highest BCUT2D eigenvalue weighted by Crippen LogP contribution is 2.36. The average Bonchev–Trinajstić information content (AvgIpc) is 3.23. The number of hydrogen-bond donors (Lipinski definition) is 0. The van der Waals surface area contributed by atoms with Gasteiger partial charge in [0.25, 0.3) is 0 Å². The first-order valence-corrected chi connectivity index (χ1v) is 8.89. The van der Waals surface area contributed by atoms with Crippen molar-refractivity contribution in [3.05, 3.63) is 59.5 Å². The van der Waals surface area contributed by atoms with E-state index in [1.54, 1.807) is 31.4 Å². The van der Waals surface area contributed by atoms with Crippen molar-refractivity contribution in [1.29, 1.82) is 5.26 Å². The molecule has 0 N–H and O–H groups in total. The van der Waals surface area contributed by atoms with Crippen molar-refractivity contribution in [2.45, 2.75) is 13.5 Å². The second kappa shape index (κ2) is 7.12. The molecule has 0 saturated heterocycles. The summed E-state index contributed by atoms with van der Waals surface area (Å²) in [4.78, 5) is 12.7. The van der Waals surface area contributed by atoms with Gasteiger partial charge in [0.05, 0.1) is 12.7 Å². The fourth-order valence-electron chi connectivity index (χ4n) is 3.32. The Labute approximate surface area is 162 Å². The number of ketones is 1. The van der Waals surface area contributed by atoms with Crippen molar-refractivity contribution in [3.63, 3.8) is 0 Å². The van der Waals surface area contributed by atoms with E-state index >= 15 is 0 Å². The Morgan fingerprint density at radius 3 is 2.79 bits per heavy atom. The lowest BCUT2D eigenvalue weighted by Gasteiger charge is -2.03. The van der Waals surface area contributed by atoms with Gasteiger partial charge in [-0.3, -0.25) is 4.79 Å². The molecule has 0 saturated carbocycles. The van der Waals surface area contributed by atoms with Gasteiger partial charge >= 0.3 is 0 Å². The summed E-state index contributed by atoms with van der Waals surface area (Å²) in [7, 11) is 1.63. The lowest BCUT2D eigenvalue weighted by molar-refractivity contribution is 0.101. The highest BCUT2D eigenvalue weighted by atomic mass is 16.5. The molecule has 3 aromatic rings. The molecule has 0 amide bonds. The molecule has 2 heterocycles. The van der Waals surface area contributed by atoms with Crippen LogP contribution in [0.15, 0.2) is 48.4 Å². The van der Waals surface area contributed by atoms with E-state index in [0.29, 0.717) is 17.1 Å². The van der Waals surface area contributed by atoms with Crippen LogP contribution in [0.4, 0.5) is 0 Å². The summed E-state index contributed by atoms with van der Waals surface area (Å²) >= 11 is 0. The van der Waals surface area contributed by atoms with Gasteiger partial charge in [0.2, 0.25) is 5.78 Å². The summed E-state index contributed by atoms with van der Waals surface area (Å²) < 4.78 is 18.5. The third-order valence-electron chi connectivity index (χ3n) is 4.69. The molecular weight excluding hydrogens is 356 g/mol. The molecule has 4 rings (SSSR count). The molecule has 1 aromatic heterocycles. The molecular formula is C22H18N2O4. The van der Waals surface area contributed by atoms with Gasteiger partial charge in [-0.25, -0.2) is 0 Å². The maximum atomic E-state index is 12.7. The maximum Gasteiger partial charge on any atom is 0.231 e. The normalized spacial score (nSPS) is 14.0. The number of carbonyl (C=O) groups excluding carboxylic acids is 1. The van der Waals surface area contributed by atoms with Crippen LogP contribution >= 0.6 is 0 Å². The summed E-state index contributed by atoms with van der Waals surface area (Å²) in [5, 5.41) is 9.62. The summed E-state index contributed by atoms with van der Waals surface area (Å²) in [6.45, 7) is 2.81. The Hall–Kier alpha value is -3.72. The zero-order chi connectivity index (χ0) is 19.7. The number of rotatable bonds is 5. The minimum atomic E-state index is -0.179. The fourth-order valence-corrected chi connectivity index (χ4v) is 3.32. The Morgan fingerprint density at radius 1 is 1.21 bits per heavy atom. The summed E-state index contributed by atoms with van der Waals surface area (Å²) in [6, 6.07) is 12.7. The number of hydrogen-bond acceptors (Lipinski definition) is 5. The number of nitrogens with zero attached hydrogens (tertiary/aromatic N) is 2. The van der Waals surface area contributed by atoms with Crippen LogP contribution in [0.5, 0.6) is 17.2 Å². The smallest absolute Gasteiger partial charge is 0.231 e. The number of Topliss-reactive ketones (excluding diaryl/α,β-unsaturated/α-hetero) is 1. The van der Waals surface area contributed by atoms with Crippen LogP contribution in [-0.4, -0.2) is 24.1 Å². The standard InChI is InChI=1S/C22H18N2O4/c1-3-24-13-14(18-11-15(26-2)5-7-19(18)24)10-21-22(25)17-6-4-16(27-9-8-23)12-20(17)28-21/h4-7,10-13H,3,9H2,1-2H3/b21-10-. The summed E-state index contributed by atoms with van der Waals surface area (Å²) in [5.74, 6) is 1.75. The molecule has 1 aliphatic rings. The minimum absolute atomic E-state index is 0.0617. The molecule has 0 aliphatic carbocycles. The molecule has 0 bridgehead atoms. The minimum Gasteiger partial charge on any atom is -0.497 e. The van der Waals surface area contributed by atoms with Gasteiger partial charge in [0.15, 0.2) is 12.4 Å². The zero-order valence-corrected chi connectivity index (χ0v) is 15.6. The number of methoxy groups -OCH3 is 1. The topological polar surface area (TPSA) is 73.5 Å². The van der Waals surface area contributed by atoms with E-state index in [9.17, 15) is 4.79 Å². The van der Waals surface area contributed by atoms with E-state index in [4.69, 9.17) is 19.5 Å². The molecule has 0 unspecified atom stereocenters. The molecule has 0 spiro atoms. The number of nitriles is 1. The summed E-state index contributed by atoms with van der Waals surface area (Å²) in [5.41, 5.74) is 2.42. The molecule has 0 radical (unpaired) electrons. The molecule has 140 valence electrons. The monoisotopic (exact) mass is 374 g/mol. The van der Waals surface area contributed by atoms with Crippen LogP contribution in [0, 0.1) is 11.3 Å². The van der Waals surface area contributed by atoms with Crippen LogP contribution < -0.4 is 14.2 Å². The lowest BCUT2D eigenvalue weighted by Crippen LogP contribution is -1.98. The van der Waals surface area contributed by atoms with E-state index in [1.165, 1.54) is 0 Å². The van der Waals surface area contributed by atoms with Crippen molar-refractivity contribution in [3.8, 4) is 23.3 Å². The molecule has 0 fully saturated rings. The van der Waals surface area contributed by atoms with Crippen molar-refractivity contribution >= 4 is 22.8 Å². The van der Waals surface area contributed by atoms with E-state index in [0.717, 1.165) is 28.8 Å². The van der Waals surface area contributed by atoms with E-state index in [-0.39, 0.29) is 18.1 Å². The van der Waals surface area contributed by atoms with Gasteiger partial charge in [-0.1, -0.05) is 0 Å². The first-order valence-electron chi connectivity index (χ1n) is 8.89. The number of benzene rings is 2. The first kappa shape index (κ1) is 17.7. The number of fused-ring (bicyclic) bond motifs is 2. The Bertz CT molecular complexity index is 1150. The second-order valence-corrected chi connectivity index (χ2v) is 6.30. The Morgan fingerprint density at radius 2 is 2.04 bits per heavy atom. The molecule has 0 atom stereocenters. The van der Waals surface area contributed by atoms with Gasteiger partial charge in [0, 0.05) is 35.3 Å². The largest absolute Gasteiger partial charge is 0.497 e. The number of allylic oxidation sites excluding steroid dienone is 1. The molecule has 6 nitrogen and oxygen atoms in total. The van der Waals surface area contributed by atoms with Gasteiger partial charge < -0.3 is 18.8 Å². The van der Waals surface area contributed by atoms with Crippen molar-refractivity contribution in [2.75, 3.05) is 13.7 Å². The number of aryl methyl sites for hydroxylation is 1. The zero-order valence-electron chi connectivity index (χ0n) is 15.6. The van der Waals surface area contributed by atoms with Crippen molar-refractivity contribution in [2.24, 2.45) is 0 Å². The highest BCUT2D eigenvalue weighted by molar-refractivity contribution is 6.15. The van der Waals surface area contributed by atoms with E-state index in [1.807, 2.05) is 30.5 Å². The fraction of sp³-hybridized carbons (Fsp3) is 0.182. The van der Waals surface area contributed by atoms with Gasteiger partial charge in [-0.15, -0.1) is 0 Å². The highest BCUT2D eigenvalue weighted by Gasteiger charge is 2.28. The molecule has 6 heteroatoms. The SMILES string of the molecule is CCn1cc(/C=C2\Oc3cc(OCC#N)ccc3C2=O)c2cc(OC)ccc21. The predicted octanol–water partition coefficient (Wildman–Crippen LogP) is 4.19. The third-order valence-corrected chi connectivity index (χ3v) is 4.69. The average molecular weight is 374 g/mol. The number of carbonyl (C=O) groups is 1. The van der Waals surface area contributed by atoms with E-state index in [2.05, 4.69) is 11.5 Å². The van der Waals surface area contributed by atoms with Crippen LogP contribution in [0.25, 0.3) is 17.0 Å². The Balaban J connectivity index is 1.73. The first-order chi connectivity index (χ1) is 13.6. The lowest BCUT2D eigenvalue weighted by atomic mass is 10.1. The molecule has 28 heavy (non-hydrogen) atoms. The second-order valence-electron chi connectivity index (χ2n) is 6.30. The van der Waals surface area contributed by atoms with Crippen molar-refractivity contribution < 1.29 is 19.0 Å². The molecule has 1 aliphatic heterocycles. The molecule has 2 aromatic carbocycles. The van der Waals surface area contributed by atoms with Gasteiger partial charge in [-0.05, 0) is 43.3 Å². The Kier molecular flexibility index (Phi) is 4.50. The maximum absolute atomic E-state index is 12.7. The van der Waals surface area contributed by atoms with Crippen LogP contribution in [0.3, 0.4) is 0 Å². The number of aromatic nitrogens is 1. The predicted molar refractivity (Wildman–Crippen MR) is 105 cm³/mol. The van der Waals surface area contributed by atoms with Gasteiger partial charge in [0.1, 0.15) is 23.3 Å². The van der Waals surface area contributed by atoms with Crippen molar-refractivity contribution in [1.82, 2.24) is 4.57 Å². The van der Waals surface area contributed by atoms with E-state index < -0.39 is 0 Å². The van der Waals surface area contributed by atoms with Crippen LogP contribution in [0.1, 0.15) is 22.8 Å².